The quantitative estimate of drug-likeness (QED) is 0.562. The third kappa shape index (κ3) is 1.92. The number of fused-ring (bicyclic) bond motifs is 1. The zero-order chi connectivity index (χ0) is 14.6. The fraction of sp³-hybridized carbons (Fsp3) is 0.600. The van der Waals surface area contributed by atoms with Gasteiger partial charge in [0.2, 0.25) is 0 Å². The summed E-state index contributed by atoms with van der Waals surface area (Å²) in [5.74, 6) is 0. The molecule has 4 N–H and O–H groups in total. The van der Waals surface area contributed by atoms with Crippen LogP contribution in [-0.4, -0.2) is 22.4 Å². The molecule has 5 heteroatoms. The van der Waals surface area contributed by atoms with Crippen LogP contribution in [0.3, 0.4) is 0 Å². The smallest absolute Gasteiger partial charge is 0.144 e. The summed E-state index contributed by atoms with van der Waals surface area (Å²) in [6.45, 7) is 7.63. The first-order valence-electron chi connectivity index (χ1n) is 7.06. The van der Waals surface area contributed by atoms with Gasteiger partial charge in [0.05, 0.1) is 0 Å². The van der Waals surface area contributed by atoms with E-state index in [1.54, 1.807) is 0 Å². The molecule has 1 unspecified atom stereocenters. The summed E-state index contributed by atoms with van der Waals surface area (Å²) in [5, 5.41) is 3.33. The van der Waals surface area contributed by atoms with Crippen LogP contribution in [-0.2, 0) is 23.4 Å². The molecule has 1 aromatic rings. The minimum Gasteiger partial charge on any atom is -0.598 e. The van der Waals surface area contributed by atoms with Crippen molar-refractivity contribution >= 4 is 11.4 Å². The number of nitrogens with one attached hydrogen (secondary N) is 2. The first-order valence-corrected chi connectivity index (χ1v) is 8.21. The Morgan fingerprint density at radius 3 is 2.50 bits per heavy atom. The standard InChI is InChI=1S/C15H23N3OS/c1-13(2,3)20(19)18-15(16)12-7-5-4-6-11(12)8-14(15)9-17-10-14/h4-7,17-18H,8-10,16H2,1-3H3/t15-,20?/m1/s1. The molecule has 0 radical (unpaired) electrons. The molecule has 20 heavy (non-hydrogen) atoms. The highest BCUT2D eigenvalue weighted by molar-refractivity contribution is 7.90. The normalized spacial score (nSPS) is 29.1. The van der Waals surface area contributed by atoms with Crippen molar-refractivity contribution in [3.63, 3.8) is 0 Å². The van der Waals surface area contributed by atoms with Gasteiger partial charge in [-0.05, 0) is 38.3 Å². The third-order valence-corrected chi connectivity index (χ3v) is 6.16. The van der Waals surface area contributed by atoms with Crippen LogP contribution in [0.5, 0.6) is 0 Å². The van der Waals surface area contributed by atoms with Crippen LogP contribution in [0.2, 0.25) is 0 Å². The largest absolute Gasteiger partial charge is 0.598 e. The Labute approximate surface area is 123 Å². The van der Waals surface area contributed by atoms with Crippen LogP contribution in [0.1, 0.15) is 31.9 Å². The molecule has 0 amide bonds. The van der Waals surface area contributed by atoms with Crippen LogP contribution in [0.4, 0.5) is 0 Å². The maximum atomic E-state index is 12.6. The van der Waals surface area contributed by atoms with Gasteiger partial charge in [-0.2, -0.15) is 0 Å². The lowest BCUT2D eigenvalue weighted by Crippen LogP contribution is -2.73. The van der Waals surface area contributed by atoms with Crippen LogP contribution in [0.15, 0.2) is 24.3 Å². The highest BCUT2D eigenvalue weighted by Crippen LogP contribution is 2.50. The van der Waals surface area contributed by atoms with Crippen molar-refractivity contribution in [3.8, 4) is 0 Å². The van der Waals surface area contributed by atoms with Crippen molar-refractivity contribution in [1.29, 1.82) is 0 Å². The molecule has 1 aliphatic heterocycles. The van der Waals surface area contributed by atoms with E-state index >= 15 is 0 Å². The van der Waals surface area contributed by atoms with Crippen molar-refractivity contribution < 1.29 is 4.55 Å². The Morgan fingerprint density at radius 2 is 1.95 bits per heavy atom. The number of benzene rings is 1. The van der Waals surface area contributed by atoms with Gasteiger partial charge in [-0.1, -0.05) is 24.3 Å². The van der Waals surface area contributed by atoms with Gasteiger partial charge in [-0.15, -0.1) is 4.72 Å². The molecule has 110 valence electrons. The number of nitrogens with two attached hydrogens (primary N) is 1. The molecule has 4 nitrogen and oxygen atoms in total. The van der Waals surface area contributed by atoms with E-state index in [9.17, 15) is 4.55 Å². The first kappa shape index (κ1) is 14.4. The molecule has 0 bridgehead atoms. The molecule has 3 rings (SSSR count). The molecule has 1 heterocycles. The van der Waals surface area contributed by atoms with Crippen LogP contribution < -0.4 is 15.8 Å². The summed E-state index contributed by atoms with van der Waals surface area (Å²) in [6.07, 6.45) is 0.945. The Balaban J connectivity index is 1.99. The fourth-order valence-corrected chi connectivity index (χ4v) is 4.07. The minimum absolute atomic E-state index is 0.0579. The van der Waals surface area contributed by atoms with Crippen LogP contribution in [0, 0.1) is 5.41 Å². The Bertz CT molecular complexity index is 524. The predicted octanol–water partition coefficient (Wildman–Crippen LogP) is 0.996. The molecule has 1 aliphatic carbocycles. The van der Waals surface area contributed by atoms with Gasteiger partial charge in [0.1, 0.15) is 10.4 Å². The molecule has 1 spiro atoms. The monoisotopic (exact) mass is 293 g/mol. The third-order valence-electron chi connectivity index (χ3n) is 4.54. The summed E-state index contributed by atoms with van der Waals surface area (Å²) in [6, 6.07) is 8.25. The lowest BCUT2D eigenvalue weighted by Gasteiger charge is -2.50. The van der Waals surface area contributed by atoms with Gasteiger partial charge in [0, 0.05) is 29.9 Å². The maximum Gasteiger partial charge on any atom is 0.144 e. The Hall–Kier alpha value is -0.590. The van der Waals surface area contributed by atoms with Gasteiger partial charge < -0.3 is 15.6 Å². The molecule has 1 saturated heterocycles. The molecular formula is C15H23N3OS. The number of rotatable bonds is 2. The zero-order valence-electron chi connectivity index (χ0n) is 12.3. The Kier molecular flexibility index (Phi) is 3.19. The molecule has 0 aromatic heterocycles. The highest BCUT2D eigenvalue weighted by Gasteiger charge is 2.61. The van der Waals surface area contributed by atoms with E-state index < -0.39 is 17.0 Å². The van der Waals surface area contributed by atoms with E-state index in [-0.39, 0.29) is 10.2 Å². The van der Waals surface area contributed by atoms with Gasteiger partial charge in [0.15, 0.2) is 0 Å². The highest BCUT2D eigenvalue weighted by atomic mass is 32.2. The average Bonchev–Trinajstić information content (AvgIpc) is 2.58. The van der Waals surface area contributed by atoms with E-state index in [4.69, 9.17) is 5.73 Å². The summed E-state index contributed by atoms with van der Waals surface area (Å²) in [5.41, 5.74) is 8.36. The lowest BCUT2D eigenvalue weighted by atomic mass is 9.71. The summed E-state index contributed by atoms with van der Waals surface area (Å²) in [7, 11) is 0. The average molecular weight is 293 g/mol. The van der Waals surface area contributed by atoms with Crippen LogP contribution in [0.25, 0.3) is 0 Å². The van der Waals surface area contributed by atoms with Gasteiger partial charge in [0.25, 0.3) is 0 Å². The first-order chi connectivity index (χ1) is 9.29. The van der Waals surface area contributed by atoms with E-state index in [0.717, 1.165) is 25.1 Å². The lowest BCUT2D eigenvalue weighted by molar-refractivity contribution is 0.0576. The second kappa shape index (κ2) is 4.45. The SMILES string of the molecule is CC(C)(C)[S+]([O-])N[C@]1(N)c2ccccc2CC12CNC2. The molecule has 1 fully saturated rings. The molecular weight excluding hydrogens is 270 g/mol. The van der Waals surface area contributed by atoms with Gasteiger partial charge >= 0.3 is 0 Å². The van der Waals surface area contributed by atoms with E-state index in [0.29, 0.717) is 0 Å². The van der Waals surface area contributed by atoms with E-state index in [2.05, 4.69) is 22.2 Å². The summed E-state index contributed by atoms with van der Waals surface area (Å²) >= 11 is -1.19. The molecule has 0 saturated carbocycles. The molecule has 2 atom stereocenters. The van der Waals surface area contributed by atoms with Gasteiger partial charge in [-0.25, -0.2) is 0 Å². The van der Waals surface area contributed by atoms with E-state index in [1.165, 1.54) is 5.56 Å². The fourth-order valence-electron chi connectivity index (χ4n) is 3.14. The van der Waals surface area contributed by atoms with Crippen molar-refractivity contribution in [1.82, 2.24) is 10.0 Å². The predicted molar refractivity (Wildman–Crippen MR) is 82.3 cm³/mol. The van der Waals surface area contributed by atoms with Crippen LogP contribution >= 0.6 is 0 Å². The summed E-state index contributed by atoms with van der Waals surface area (Å²) in [4.78, 5) is 0. The van der Waals surface area contributed by atoms with Crippen molar-refractivity contribution in [2.24, 2.45) is 11.1 Å². The van der Waals surface area contributed by atoms with Crippen molar-refractivity contribution in [2.45, 2.75) is 37.6 Å². The van der Waals surface area contributed by atoms with E-state index in [1.807, 2.05) is 32.9 Å². The topological polar surface area (TPSA) is 73.1 Å². The number of hydrogen-bond donors (Lipinski definition) is 3. The Morgan fingerprint density at radius 1 is 1.30 bits per heavy atom. The minimum atomic E-state index is -1.19. The maximum absolute atomic E-state index is 12.6. The molecule has 1 aromatic carbocycles. The second-order valence-electron chi connectivity index (χ2n) is 7.01. The summed E-state index contributed by atoms with van der Waals surface area (Å²) < 4.78 is 15.5. The van der Waals surface area contributed by atoms with Crippen molar-refractivity contribution in [3.05, 3.63) is 35.4 Å². The number of hydrogen-bond acceptors (Lipinski definition) is 4. The zero-order valence-corrected chi connectivity index (χ0v) is 13.1. The van der Waals surface area contributed by atoms with Gasteiger partial charge in [-0.3, -0.25) is 0 Å². The second-order valence-corrected chi connectivity index (χ2v) is 8.98. The molecule has 2 aliphatic rings. The van der Waals surface area contributed by atoms with Crippen molar-refractivity contribution in [2.75, 3.05) is 13.1 Å².